The number of carbonyl (C=O) groups is 2. The monoisotopic (exact) mass is 381 g/mol. The number of esters is 1. The quantitative estimate of drug-likeness (QED) is 0.469. The molecule has 0 saturated carbocycles. The Hall–Kier alpha value is -3.68. The van der Waals surface area contributed by atoms with Crippen LogP contribution in [0.3, 0.4) is 0 Å². The van der Waals surface area contributed by atoms with Gasteiger partial charge in [0.15, 0.2) is 0 Å². The van der Waals surface area contributed by atoms with Crippen LogP contribution in [0.2, 0.25) is 0 Å². The van der Waals surface area contributed by atoms with Crippen molar-refractivity contribution in [1.82, 2.24) is 10.6 Å². The molecule has 144 valence electrons. The Bertz CT molecular complexity index is 953. The highest BCUT2D eigenvalue weighted by Crippen LogP contribution is 2.33. The second-order valence-corrected chi connectivity index (χ2v) is 6.49. The molecule has 28 heavy (non-hydrogen) atoms. The Morgan fingerprint density at radius 1 is 1.14 bits per heavy atom. The minimum atomic E-state index is -0.893. The first-order valence-corrected chi connectivity index (χ1v) is 8.69. The molecule has 1 unspecified atom stereocenters. The lowest BCUT2D eigenvalue weighted by molar-refractivity contribution is -0.384. The maximum absolute atomic E-state index is 12.9. The lowest BCUT2D eigenvalue weighted by Gasteiger charge is -2.30. The number of urea groups is 1. The highest BCUT2D eigenvalue weighted by atomic mass is 16.6. The number of hydrogen-bond acceptors (Lipinski definition) is 5. The molecule has 8 heteroatoms. The van der Waals surface area contributed by atoms with Gasteiger partial charge in [0.25, 0.3) is 5.69 Å². The van der Waals surface area contributed by atoms with Gasteiger partial charge >= 0.3 is 12.0 Å². The molecule has 0 saturated heterocycles. The van der Waals surface area contributed by atoms with E-state index in [9.17, 15) is 19.7 Å². The lowest BCUT2D eigenvalue weighted by atomic mass is 9.92. The first kappa shape index (κ1) is 19.1. The number of nitrogens with zero attached hydrogens (tertiary/aromatic N) is 1. The number of nitrogens with one attached hydrogen (secondary N) is 2. The summed E-state index contributed by atoms with van der Waals surface area (Å²) in [7, 11) is 0. The van der Waals surface area contributed by atoms with Gasteiger partial charge in [0.05, 0.1) is 28.3 Å². The second kappa shape index (κ2) is 7.91. The molecular formula is C20H19N3O5. The van der Waals surface area contributed by atoms with E-state index < -0.39 is 23.0 Å². The Labute approximate surface area is 161 Å². The van der Waals surface area contributed by atoms with Gasteiger partial charge in [-0.05, 0) is 25.0 Å². The zero-order chi connectivity index (χ0) is 20.3. The predicted octanol–water partition coefficient (Wildman–Crippen LogP) is 3.31. The SMILES string of the molecule is CC(C)OC(=O)C1=C(c2ccccc2)NC(=O)NC1c1cccc([N+](=O)[O-])c1. The molecule has 1 heterocycles. The summed E-state index contributed by atoms with van der Waals surface area (Å²) in [4.78, 5) is 35.8. The van der Waals surface area contributed by atoms with Crippen molar-refractivity contribution in [2.75, 3.05) is 0 Å². The van der Waals surface area contributed by atoms with Crippen LogP contribution < -0.4 is 10.6 Å². The van der Waals surface area contributed by atoms with Crippen LogP contribution in [-0.2, 0) is 9.53 Å². The van der Waals surface area contributed by atoms with Crippen LogP contribution in [-0.4, -0.2) is 23.0 Å². The summed E-state index contributed by atoms with van der Waals surface area (Å²) in [6.45, 7) is 3.44. The smallest absolute Gasteiger partial charge is 0.338 e. The number of carbonyl (C=O) groups excluding carboxylic acids is 2. The van der Waals surface area contributed by atoms with Crippen molar-refractivity contribution in [1.29, 1.82) is 0 Å². The lowest BCUT2D eigenvalue weighted by Crippen LogP contribution is -2.45. The summed E-state index contributed by atoms with van der Waals surface area (Å²) in [5.41, 5.74) is 1.39. The number of non-ortho nitro benzene ring substituents is 1. The van der Waals surface area contributed by atoms with Crippen molar-refractivity contribution >= 4 is 23.4 Å². The van der Waals surface area contributed by atoms with E-state index in [2.05, 4.69) is 10.6 Å². The standard InChI is InChI=1S/C20H19N3O5/c1-12(2)28-19(24)16-17(13-7-4-3-5-8-13)21-20(25)22-18(16)14-9-6-10-15(11-14)23(26)27/h3-12,18H,1-2H3,(H2,21,22,25). The van der Waals surface area contributed by atoms with Crippen LogP contribution in [0.5, 0.6) is 0 Å². The third kappa shape index (κ3) is 4.01. The second-order valence-electron chi connectivity index (χ2n) is 6.49. The maximum Gasteiger partial charge on any atom is 0.338 e. The molecule has 0 aromatic heterocycles. The van der Waals surface area contributed by atoms with Crippen molar-refractivity contribution in [2.24, 2.45) is 0 Å². The number of benzene rings is 2. The van der Waals surface area contributed by atoms with E-state index >= 15 is 0 Å². The van der Waals surface area contributed by atoms with Crippen molar-refractivity contribution in [3.05, 3.63) is 81.4 Å². The first-order valence-electron chi connectivity index (χ1n) is 8.69. The van der Waals surface area contributed by atoms with E-state index in [1.165, 1.54) is 18.2 Å². The van der Waals surface area contributed by atoms with Gasteiger partial charge in [0.2, 0.25) is 0 Å². The molecule has 2 amide bonds. The van der Waals surface area contributed by atoms with Crippen LogP contribution in [0.4, 0.5) is 10.5 Å². The Kier molecular flexibility index (Phi) is 5.39. The van der Waals surface area contributed by atoms with Crippen LogP contribution in [0.1, 0.15) is 31.0 Å². The zero-order valence-electron chi connectivity index (χ0n) is 15.3. The summed E-state index contributed by atoms with van der Waals surface area (Å²) in [6, 6.07) is 13.3. The average Bonchev–Trinajstić information content (AvgIpc) is 2.67. The van der Waals surface area contributed by atoms with Crippen LogP contribution in [0.15, 0.2) is 60.2 Å². The van der Waals surface area contributed by atoms with Crippen molar-refractivity contribution in [3.8, 4) is 0 Å². The normalized spacial score (nSPS) is 16.4. The van der Waals surface area contributed by atoms with Gasteiger partial charge in [-0.2, -0.15) is 0 Å². The van der Waals surface area contributed by atoms with Crippen molar-refractivity contribution in [3.63, 3.8) is 0 Å². The van der Waals surface area contributed by atoms with Gasteiger partial charge in [0.1, 0.15) is 0 Å². The fourth-order valence-corrected chi connectivity index (χ4v) is 2.96. The zero-order valence-corrected chi connectivity index (χ0v) is 15.3. The molecule has 0 fully saturated rings. The number of rotatable bonds is 5. The summed E-state index contributed by atoms with van der Waals surface area (Å²) in [5, 5.41) is 16.5. The molecule has 2 aromatic rings. The minimum Gasteiger partial charge on any atom is -0.459 e. The van der Waals surface area contributed by atoms with Crippen LogP contribution >= 0.6 is 0 Å². The Balaban J connectivity index is 2.18. The fourth-order valence-electron chi connectivity index (χ4n) is 2.96. The van der Waals surface area contributed by atoms with Gasteiger partial charge in [-0.25, -0.2) is 9.59 Å². The first-order chi connectivity index (χ1) is 13.4. The van der Waals surface area contributed by atoms with Crippen LogP contribution in [0, 0.1) is 10.1 Å². The van der Waals surface area contributed by atoms with Gasteiger partial charge in [-0.1, -0.05) is 42.5 Å². The molecule has 1 atom stereocenters. The topological polar surface area (TPSA) is 111 Å². The summed E-state index contributed by atoms with van der Waals surface area (Å²) < 4.78 is 5.38. The largest absolute Gasteiger partial charge is 0.459 e. The van der Waals surface area contributed by atoms with E-state index in [1.807, 2.05) is 6.07 Å². The fraction of sp³-hybridized carbons (Fsp3) is 0.200. The third-order valence-corrected chi connectivity index (χ3v) is 4.11. The number of hydrogen-bond donors (Lipinski definition) is 2. The molecule has 0 radical (unpaired) electrons. The van der Waals surface area contributed by atoms with E-state index in [1.54, 1.807) is 44.2 Å². The molecule has 1 aliphatic heterocycles. The highest BCUT2D eigenvalue weighted by molar-refractivity contribution is 6.04. The molecule has 0 aliphatic carbocycles. The van der Waals surface area contributed by atoms with Gasteiger partial charge in [-0.3, -0.25) is 10.1 Å². The molecule has 0 spiro atoms. The number of nitro benzene ring substituents is 1. The van der Waals surface area contributed by atoms with E-state index in [0.717, 1.165) is 0 Å². The predicted molar refractivity (Wildman–Crippen MR) is 102 cm³/mol. The summed E-state index contributed by atoms with van der Waals surface area (Å²) in [5.74, 6) is -0.613. The summed E-state index contributed by atoms with van der Waals surface area (Å²) >= 11 is 0. The van der Waals surface area contributed by atoms with Gasteiger partial charge < -0.3 is 15.4 Å². The Morgan fingerprint density at radius 2 is 1.86 bits per heavy atom. The molecule has 3 rings (SSSR count). The van der Waals surface area contributed by atoms with Gasteiger partial charge in [-0.15, -0.1) is 0 Å². The van der Waals surface area contributed by atoms with Crippen molar-refractivity contribution < 1.29 is 19.2 Å². The van der Waals surface area contributed by atoms with E-state index in [4.69, 9.17) is 4.74 Å². The third-order valence-electron chi connectivity index (χ3n) is 4.11. The Morgan fingerprint density at radius 3 is 2.50 bits per heavy atom. The number of nitro groups is 1. The maximum atomic E-state index is 12.9. The summed E-state index contributed by atoms with van der Waals surface area (Å²) in [6.07, 6.45) is -0.375. The number of amides is 2. The van der Waals surface area contributed by atoms with E-state index in [0.29, 0.717) is 16.8 Å². The van der Waals surface area contributed by atoms with Crippen molar-refractivity contribution in [2.45, 2.75) is 26.0 Å². The number of ether oxygens (including phenoxy) is 1. The molecule has 8 nitrogen and oxygen atoms in total. The van der Waals surface area contributed by atoms with E-state index in [-0.39, 0.29) is 17.4 Å². The highest BCUT2D eigenvalue weighted by Gasteiger charge is 2.35. The molecule has 1 aliphatic rings. The minimum absolute atomic E-state index is 0.136. The van der Waals surface area contributed by atoms with Gasteiger partial charge in [0, 0.05) is 12.1 Å². The molecule has 2 aromatic carbocycles. The average molecular weight is 381 g/mol. The van der Waals surface area contributed by atoms with Crippen LogP contribution in [0.25, 0.3) is 5.70 Å². The molecule has 0 bridgehead atoms. The molecular weight excluding hydrogens is 362 g/mol. The molecule has 2 N–H and O–H groups in total.